The first-order chi connectivity index (χ1) is 12.5. The van der Waals surface area contributed by atoms with Crippen molar-refractivity contribution in [1.29, 1.82) is 0 Å². The topological polar surface area (TPSA) is 42.9 Å². The lowest BCUT2D eigenvalue weighted by atomic mass is 10.0. The third-order valence-electron chi connectivity index (χ3n) is 5.27. The third-order valence-corrected chi connectivity index (χ3v) is 5.27. The van der Waals surface area contributed by atoms with Gasteiger partial charge in [0, 0.05) is 52.5 Å². The van der Waals surface area contributed by atoms with E-state index in [1.54, 1.807) is 0 Å². The predicted octanol–water partition coefficient (Wildman–Crippen LogP) is 3.61. The number of hydrogen-bond donors (Lipinski definition) is 2. The molecule has 1 aliphatic heterocycles. The van der Waals surface area contributed by atoms with Crippen LogP contribution in [0.5, 0.6) is 0 Å². The van der Waals surface area contributed by atoms with E-state index in [9.17, 15) is 0 Å². The normalized spacial score (nSPS) is 16.0. The van der Waals surface area contributed by atoms with Crippen molar-refractivity contribution in [2.45, 2.75) is 52.1 Å². The molecule has 0 saturated carbocycles. The highest BCUT2D eigenvalue weighted by atomic mass is 127. The van der Waals surface area contributed by atoms with Crippen molar-refractivity contribution in [3.63, 3.8) is 0 Å². The van der Waals surface area contributed by atoms with Crippen LogP contribution in [0.15, 0.2) is 23.2 Å². The Morgan fingerprint density at radius 1 is 1.26 bits per heavy atom. The molecule has 0 unspecified atom stereocenters. The first-order valence-electron chi connectivity index (χ1n) is 9.99. The Bertz CT molecular complexity index is 580. The average molecular weight is 487 g/mol. The van der Waals surface area contributed by atoms with Crippen LogP contribution in [0, 0.1) is 6.92 Å². The fourth-order valence-corrected chi connectivity index (χ4v) is 3.41. The number of piperidine rings is 1. The van der Waals surface area contributed by atoms with Crippen LogP contribution in [-0.2, 0) is 6.54 Å². The molecular formula is C21H38IN5. The van der Waals surface area contributed by atoms with Crippen LogP contribution >= 0.6 is 24.0 Å². The van der Waals surface area contributed by atoms with Crippen LogP contribution in [0.25, 0.3) is 0 Å². The van der Waals surface area contributed by atoms with E-state index in [1.807, 2.05) is 7.05 Å². The molecule has 6 heteroatoms. The van der Waals surface area contributed by atoms with Crippen molar-refractivity contribution in [2.75, 3.05) is 45.7 Å². The van der Waals surface area contributed by atoms with E-state index in [1.165, 1.54) is 62.1 Å². The summed E-state index contributed by atoms with van der Waals surface area (Å²) >= 11 is 0. The van der Waals surface area contributed by atoms with E-state index in [2.05, 4.69) is 71.6 Å². The summed E-state index contributed by atoms with van der Waals surface area (Å²) in [5.41, 5.74) is 3.86. The number of guanidine groups is 1. The predicted molar refractivity (Wildman–Crippen MR) is 129 cm³/mol. The van der Waals surface area contributed by atoms with Gasteiger partial charge in [0.1, 0.15) is 0 Å². The largest absolute Gasteiger partial charge is 0.378 e. The van der Waals surface area contributed by atoms with Gasteiger partial charge in [0.2, 0.25) is 0 Å². The summed E-state index contributed by atoms with van der Waals surface area (Å²) in [7, 11) is 6.01. The van der Waals surface area contributed by atoms with Gasteiger partial charge in [-0.15, -0.1) is 24.0 Å². The van der Waals surface area contributed by atoms with Gasteiger partial charge in [0.25, 0.3) is 0 Å². The molecule has 1 aromatic carbocycles. The van der Waals surface area contributed by atoms with Gasteiger partial charge >= 0.3 is 0 Å². The molecular weight excluding hydrogens is 449 g/mol. The molecule has 1 aromatic rings. The molecule has 1 aliphatic rings. The Kier molecular flexibility index (Phi) is 11.1. The maximum atomic E-state index is 4.41. The first-order valence-corrected chi connectivity index (χ1v) is 9.99. The molecule has 1 heterocycles. The summed E-state index contributed by atoms with van der Waals surface area (Å²) in [4.78, 5) is 9.14. The van der Waals surface area contributed by atoms with E-state index in [0.29, 0.717) is 6.04 Å². The molecule has 27 heavy (non-hydrogen) atoms. The van der Waals surface area contributed by atoms with Gasteiger partial charge in [-0.1, -0.05) is 19.4 Å². The molecule has 1 fully saturated rings. The maximum Gasteiger partial charge on any atom is 0.191 e. The second kappa shape index (κ2) is 12.4. The van der Waals surface area contributed by atoms with Gasteiger partial charge in [-0.25, -0.2) is 0 Å². The Morgan fingerprint density at radius 3 is 2.52 bits per heavy atom. The zero-order chi connectivity index (χ0) is 18.9. The van der Waals surface area contributed by atoms with Crippen molar-refractivity contribution >= 4 is 35.6 Å². The van der Waals surface area contributed by atoms with Crippen molar-refractivity contribution in [3.05, 3.63) is 29.3 Å². The molecule has 0 aliphatic carbocycles. The zero-order valence-corrected chi connectivity index (χ0v) is 20.0. The van der Waals surface area contributed by atoms with Crippen LogP contribution in [0.2, 0.25) is 0 Å². The minimum atomic E-state index is 0. The summed E-state index contributed by atoms with van der Waals surface area (Å²) in [6.07, 6.45) is 4.99. The standard InChI is InChI=1S/C21H37N5.HI/c1-6-7-12-26-13-10-19(11-14-26)24-21(22-3)23-16-18-8-9-20(25(4)5)15-17(18)2;/h8-9,15,19H,6-7,10-14,16H2,1-5H3,(H2,22,23,24);1H. The van der Waals surface area contributed by atoms with Crippen LogP contribution in [0.3, 0.4) is 0 Å². The molecule has 2 rings (SSSR count). The number of benzene rings is 1. The second-order valence-corrected chi connectivity index (χ2v) is 7.54. The molecule has 0 amide bonds. The number of likely N-dealkylation sites (tertiary alicyclic amines) is 1. The highest BCUT2D eigenvalue weighted by Crippen LogP contribution is 2.17. The fourth-order valence-electron chi connectivity index (χ4n) is 3.41. The van der Waals surface area contributed by atoms with Crippen LogP contribution in [0.4, 0.5) is 5.69 Å². The Morgan fingerprint density at radius 2 is 1.96 bits per heavy atom. The van der Waals surface area contributed by atoms with E-state index in [-0.39, 0.29) is 24.0 Å². The third kappa shape index (κ3) is 7.86. The highest BCUT2D eigenvalue weighted by molar-refractivity contribution is 14.0. The van der Waals surface area contributed by atoms with Crippen molar-refractivity contribution in [1.82, 2.24) is 15.5 Å². The molecule has 0 aromatic heterocycles. The van der Waals surface area contributed by atoms with E-state index in [0.717, 1.165) is 12.5 Å². The number of nitrogens with one attached hydrogen (secondary N) is 2. The van der Waals surface area contributed by atoms with Crippen LogP contribution in [0.1, 0.15) is 43.7 Å². The smallest absolute Gasteiger partial charge is 0.191 e. The van der Waals surface area contributed by atoms with Gasteiger partial charge in [-0.2, -0.15) is 0 Å². The maximum absolute atomic E-state index is 4.41. The number of anilines is 1. The molecule has 0 radical (unpaired) electrons. The zero-order valence-electron chi connectivity index (χ0n) is 17.7. The number of rotatable bonds is 7. The lowest BCUT2D eigenvalue weighted by Crippen LogP contribution is -2.48. The Labute approximate surface area is 183 Å². The van der Waals surface area contributed by atoms with E-state index >= 15 is 0 Å². The molecule has 0 atom stereocenters. The van der Waals surface area contributed by atoms with E-state index in [4.69, 9.17) is 0 Å². The summed E-state index contributed by atoms with van der Waals surface area (Å²) in [6.45, 7) is 8.87. The summed E-state index contributed by atoms with van der Waals surface area (Å²) in [5.74, 6) is 0.910. The monoisotopic (exact) mass is 487 g/mol. The summed E-state index contributed by atoms with van der Waals surface area (Å²) < 4.78 is 0. The Hall–Kier alpha value is -1.02. The van der Waals surface area contributed by atoms with Gasteiger partial charge in [-0.05, 0) is 56.0 Å². The fraction of sp³-hybridized carbons (Fsp3) is 0.667. The van der Waals surface area contributed by atoms with E-state index < -0.39 is 0 Å². The second-order valence-electron chi connectivity index (χ2n) is 7.54. The quantitative estimate of drug-likeness (QED) is 0.351. The lowest BCUT2D eigenvalue weighted by molar-refractivity contribution is 0.203. The van der Waals surface area contributed by atoms with Gasteiger partial charge in [0.15, 0.2) is 5.96 Å². The number of nitrogens with zero attached hydrogens (tertiary/aromatic N) is 3. The molecule has 2 N–H and O–H groups in total. The number of aliphatic imine (C=N–C) groups is 1. The number of hydrogen-bond acceptors (Lipinski definition) is 3. The molecule has 1 saturated heterocycles. The van der Waals surface area contributed by atoms with Crippen molar-refractivity contribution in [3.8, 4) is 0 Å². The van der Waals surface area contributed by atoms with Crippen LogP contribution < -0.4 is 15.5 Å². The van der Waals surface area contributed by atoms with Gasteiger partial charge in [0.05, 0.1) is 0 Å². The lowest BCUT2D eigenvalue weighted by Gasteiger charge is -2.33. The molecule has 5 nitrogen and oxygen atoms in total. The van der Waals surface area contributed by atoms with Gasteiger partial charge < -0.3 is 20.4 Å². The molecule has 154 valence electrons. The Balaban J connectivity index is 0.00000364. The highest BCUT2D eigenvalue weighted by Gasteiger charge is 2.19. The van der Waals surface area contributed by atoms with Crippen molar-refractivity contribution in [2.24, 2.45) is 4.99 Å². The van der Waals surface area contributed by atoms with Crippen molar-refractivity contribution < 1.29 is 0 Å². The van der Waals surface area contributed by atoms with Crippen LogP contribution in [-0.4, -0.2) is 57.7 Å². The molecule has 0 bridgehead atoms. The number of unbranched alkanes of at least 4 members (excludes halogenated alkanes) is 1. The number of aryl methyl sites for hydroxylation is 1. The minimum Gasteiger partial charge on any atom is -0.378 e. The minimum absolute atomic E-state index is 0. The average Bonchev–Trinajstić information content (AvgIpc) is 2.65. The SMILES string of the molecule is CCCCN1CCC(NC(=NC)NCc2ccc(N(C)C)cc2C)CC1.I. The number of halogens is 1. The van der Waals surface area contributed by atoms with Gasteiger partial charge in [-0.3, -0.25) is 4.99 Å². The molecule has 0 spiro atoms. The summed E-state index contributed by atoms with van der Waals surface area (Å²) in [5, 5.41) is 7.09. The first kappa shape index (κ1) is 24.0. The summed E-state index contributed by atoms with van der Waals surface area (Å²) in [6, 6.07) is 7.14.